The van der Waals surface area contributed by atoms with Crippen molar-refractivity contribution in [1.29, 1.82) is 0 Å². The molecule has 0 bridgehead atoms. The number of aromatic nitrogens is 2. The lowest BCUT2D eigenvalue weighted by molar-refractivity contribution is 0.0697. The largest absolute Gasteiger partial charge is 0.478 e. The van der Waals surface area contributed by atoms with Gasteiger partial charge in [0.2, 0.25) is 0 Å². The van der Waals surface area contributed by atoms with Crippen LogP contribution in [0.5, 0.6) is 0 Å². The number of benzene rings is 2. The predicted octanol–water partition coefficient (Wildman–Crippen LogP) is 17.1. The molecule has 0 unspecified atom stereocenters. The summed E-state index contributed by atoms with van der Waals surface area (Å²) in [6.45, 7) is 13.2. The fourth-order valence-electron chi connectivity index (χ4n) is 7.77. The third-order valence-corrected chi connectivity index (χ3v) is 21.0. The van der Waals surface area contributed by atoms with Gasteiger partial charge in [-0.2, -0.15) is 0 Å². The normalized spacial score (nSPS) is 12.0. The van der Waals surface area contributed by atoms with Crippen LogP contribution in [0.2, 0.25) is 0 Å². The standard InChI is InChI=1S/C47H32N2O2S8/c1-20-13-33(54-43(20)37-15-22(3)41(58-37)31-11-7-24(5)52-31)35-18-27-28-19-36(34-14-21(2)44(55-34)38-16-23(4)42(59-38)32-12-8-25(6)53-32)57-46(28)40-39(45(27)56-35)48-29-10-9-26(47(50)51)17-30(29)49-40/h7-19H,1-6H3,(H,50,51). The predicted molar refractivity (Wildman–Crippen MR) is 263 cm³/mol. The molecule has 0 amide bonds. The maximum Gasteiger partial charge on any atom is 0.335 e. The Hall–Kier alpha value is -4.37. The average Bonchev–Trinajstić information content (AvgIpc) is 4.06. The highest BCUT2D eigenvalue weighted by atomic mass is 32.1. The Morgan fingerprint density at radius 3 is 1.27 bits per heavy atom. The molecule has 9 heterocycles. The minimum absolute atomic E-state index is 0.207. The number of aryl methyl sites for hydroxylation is 6. The molecule has 11 aromatic rings. The molecule has 1 N–H and O–H groups in total. The molecule has 12 heteroatoms. The van der Waals surface area contributed by atoms with Crippen molar-refractivity contribution in [3.63, 3.8) is 0 Å². The molecule has 0 atom stereocenters. The van der Waals surface area contributed by atoms with E-state index in [4.69, 9.17) is 9.97 Å². The Morgan fingerprint density at radius 1 is 0.424 bits per heavy atom. The van der Waals surface area contributed by atoms with Gasteiger partial charge in [-0.25, -0.2) is 14.8 Å². The molecule has 0 radical (unpaired) electrons. The van der Waals surface area contributed by atoms with E-state index in [1.807, 2.05) is 68.0 Å². The average molecular weight is 913 g/mol. The Morgan fingerprint density at radius 2 is 0.831 bits per heavy atom. The SMILES string of the molecule is Cc1ccc(-c2sc(-c3sc(-c4cc5c6cc(-c7cc(C)c(-c8cc(C)c(-c9ccc(C)s9)s8)s7)sc6c6nc7cc(C(=O)O)ccc7nc6c5s4)cc3C)cc2C)s1. The van der Waals surface area contributed by atoms with Gasteiger partial charge in [0.05, 0.1) is 26.0 Å². The molecule has 2 aromatic carbocycles. The van der Waals surface area contributed by atoms with E-state index in [0.29, 0.717) is 11.0 Å². The van der Waals surface area contributed by atoms with Gasteiger partial charge in [-0.15, -0.1) is 90.7 Å². The van der Waals surface area contributed by atoms with Crippen molar-refractivity contribution in [2.75, 3.05) is 0 Å². The van der Waals surface area contributed by atoms with Gasteiger partial charge in [-0.1, -0.05) is 0 Å². The smallest absolute Gasteiger partial charge is 0.335 e. The van der Waals surface area contributed by atoms with Gasteiger partial charge in [0, 0.05) is 79.1 Å². The zero-order chi connectivity index (χ0) is 40.4. The zero-order valence-corrected chi connectivity index (χ0v) is 39.1. The van der Waals surface area contributed by atoms with Crippen LogP contribution in [0, 0.1) is 41.5 Å². The number of carboxylic acid groups (broad SMARTS) is 1. The van der Waals surface area contributed by atoms with Crippen molar-refractivity contribution < 1.29 is 9.90 Å². The number of rotatable bonds is 7. The first-order valence-corrected chi connectivity index (χ1v) is 25.4. The van der Waals surface area contributed by atoms with E-state index in [0.717, 1.165) is 25.8 Å². The van der Waals surface area contributed by atoms with Crippen LogP contribution in [-0.2, 0) is 0 Å². The molecular weight excluding hydrogens is 881 g/mol. The van der Waals surface area contributed by atoms with Crippen LogP contribution in [-0.4, -0.2) is 21.0 Å². The topological polar surface area (TPSA) is 63.1 Å². The van der Waals surface area contributed by atoms with Gasteiger partial charge in [-0.05, 0) is 143 Å². The lowest BCUT2D eigenvalue weighted by Gasteiger charge is -2.05. The first-order valence-electron chi connectivity index (χ1n) is 18.9. The van der Waals surface area contributed by atoms with Gasteiger partial charge >= 0.3 is 5.97 Å². The molecule has 0 fully saturated rings. The van der Waals surface area contributed by atoms with Crippen LogP contribution in [0.25, 0.3) is 101 Å². The van der Waals surface area contributed by atoms with Crippen LogP contribution in [0.15, 0.2) is 78.9 Å². The number of hydrogen-bond acceptors (Lipinski definition) is 11. The lowest BCUT2D eigenvalue weighted by Crippen LogP contribution is -1.97. The summed E-state index contributed by atoms with van der Waals surface area (Å²) >= 11 is 14.7. The lowest BCUT2D eigenvalue weighted by atomic mass is 10.1. The van der Waals surface area contributed by atoms with Gasteiger partial charge in [0.15, 0.2) is 0 Å². The molecule has 0 aliphatic heterocycles. The number of fused-ring (bicyclic) bond motifs is 7. The molecule has 4 nitrogen and oxygen atoms in total. The Bertz CT molecular complexity index is 3520. The van der Waals surface area contributed by atoms with Crippen molar-refractivity contribution in [3.8, 4) is 58.5 Å². The third-order valence-electron chi connectivity index (χ3n) is 10.6. The van der Waals surface area contributed by atoms with E-state index in [2.05, 4.69) is 102 Å². The van der Waals surface area contributed by atoms with Crippen LogP contribution in [0.1, 0.15) is 42.4 Å². The van der Waals surface area contributed by atoms with E-state index in [1.54, 1.807) is 40.9 Å². The second kappa shape index (κ2) is 14.1. The summed E-state index contributed by atoms with van der Waals surface area (Å²) in [6.07, 6.45) is 0. The Balaban J connectivity index is 1.07. The van der Waals surface area contributed by atoms with E-state index in [1.165, 1.54) is 95.9 Å². The maximum absolute atomic E-state index is 12.0. The monoisotopic (exact) mass is 912 g/mol. The summed E-state index contributed by atoms with van der Waals surface area (Å²) in [5.74, 6) is -0.973. The molecule has 0 saturated carbocycles. The van der Waals surface area contributed by atoms with E-state index in [9.17, 15) is 9.90 Å². The summed E-state index contributed by atoms with van der Waals surface area (Å²) < 4.78 is 2.18. The van der Waals surface area contributed by atoms with Crippen molar-refractivity contribution in [3.05, 3.63) is 116 Å². The summed E-state index contributed by atoms with van der Waals surface area (Å²) in [5.41, 5.74) is 8.37. The van der Waals surface area contributed by atoms with Crippen molar-refractivity contribution >= 4 is 139 Å². The van der Waals surface area contributed by atoms with Gasteiger partial charge in [-0.3, -0.25) is 0 Å². The molecule has 0 aliphatic rings. The minimum Gasteiger partial charge on any atom is -0.478 e. The Labute approximate surface area is 372 Å². The van der Waals surface area contributed by atoms with Crippen molar-refractivity contribution in [2.24, 2.45) is 0 Å². The molecule has 290 valence electrons. The van der Waals surface area contributed by atoms with E-state index < -0.39 is 5.97 Å². The van der Waals surface area contributed by atoms with Gasteiger partial charge in [0.1, 0.15) is 11.0 Å². The molecule has 59 heavy (non-hydrogen) atoms. The van der Waals surface area contributed by atoms with E-state index >= 15 is 0 Å². The van der Waals surface area contributed by atoms with Crippen molar-refractivity contribution in [2.45, 2.75) is 41.5 Å². The summed E-state index contributed by atoms with van der Waals surface area (Å²) in [7, 11) is 0. The second-order valence-electron chi connectivity index (χ2n) is 14.9. The highest BCUT2D eigenvalue weighted by Crippen LogP contribution is 2.52. The van der Waals surface area contributed by atoms with Crippen LogP contribution >= 0.6 is 90.7 Å². The molecule has 11 rings (SSSR count). The van der Waals surface area contributed by atoms with Gasteiger partial charge < -0.3 is 5.11 Å². The maximum atomic E-state index is 12.0. The quantitative estimate of drug-likeness (QED) is 0.162. The summed E-state index contributed by atoms with van der Waals surface area (Å²) in [6, 6.07) is 28.0. The first-order chi connectivity index (χ1) is 28.4. The highest BCUT2D eigenvalue weighted by Gasteiger charge is 2.23. The molecule has 0 spiro atoms. The van der Waals surface area contributed by atoms with Crippen LogP contribution < -0.4 is 0 Å². The van der Waals surface area contributed by atoms with Crippen molar-refractivity contribution in [1.82, 2.24) is 9.97 Å². The van der Waals surface area contributed by atoms with E-state index in [-0.39, 0.29) is 5.56 Å². The minimum atomic E-state index is -0.973. The fraction of sp³-hybridized carbons (Fsp3) is 0.128. The number of carboxylic acids is 1. The number of carbonyl (C=O) groups is 1. The molecule has 0 saturated heterocycles. The van der Waals surface area contributed by atoms with Crippen LogP contribution in [0.4, 0.5) is 0 Å². The highest BCUT2D eigenvalue weighted by molar-refractivity contribution is 7.32. The number of aromatic carboxylic acids is 1. The number of hydrogen-bond donors (Lipinski definition) is 1. The van der Waals surface area contributed by atoms with Crippen LogP contribution in [0.3, 0.4) is 0 Å². The fourth-order valence-corrected chi connectivity index (χ4v) is 17.3. The van der Waals surface area contributed by atoms with Gasteiger partial charge in [0.25, 0.3) is 0 Å². The Kier molecular flexibility index (Phi) is 8.99. The number of thiophene rings is 8. The molecular formula is C47H32N2O2S8. The zero-order valence-electron chi connectivity index (χ0n) is 32.5. The molecule has 0 aliphatic carbocycles. The molecule has 9 aromatic heterocycles. The third kappa shape index (κ3) is 6.30. The number of nitrogens with zero attached hydrogens (tertiary/aromatic N) is 2. The first kappa shape index (κ1) is 37.6. The summed E-state index contributed by atoms with van der Waals surface area (Å²) in [5, 5.41) is 12.2. The second-order valence-corrected chi connectivity index (χ2v) is 23.8. The summed E-state index contributed by atoms with van der Waals surface area (Å²) in [4.78, 5) is 40.6.